The SMILES string of the molecule is O=c1c2ccc(Cl)cc2nc(SCCS(=O)c2ccccc2)n1CC1CCCO1. The number of hydrogen-bond acceptors (Lipinski definition) is 5. The van der Waals surface area contributed by atoms with E-state index in [1.807, 2.05) is 30.3 Å². The molecule has 29 heavy (non-hydrogen) atoms. The second-order valence-electron chi connectivity index (χ2n) is 6.82. The molecule has 1 aliphatic rings. The van der Waals surface area contributed by atoms with Gasteiger partial charge in [-0.3, -0.25) is 13.6 Å². The molecule has 0 N–H and O–H groups in total. The molecule has 5 nitrogen and oxygen atoms in total. The molecule has 0 bridgehead atoms. The Morgan fingerprint density at radius 1 is 1.24 bits per heavy atom. The van der Waals surface area contributed by atoms with Crippen LogP contribution in [0.2, 0.25) is 5.02 Å². The Bertz CT molecular complexity index is 1080. The van der Waals surface area contributed by atoms with Gasteiger partial charge in [-0.2, -0.15) is 0 Å². The summed E-state index contributed by atoms with van der Waals surface area (Å²) in [5.74, 6) is 1.07. The lowest BCUT2D eigenvalue weighted by molar-refractivity contribution is 0.0937. The van der Waals surface area contributed by atoms with Crippen molar-refractivity contribution in [1.82, 2.24) is 9.55 Å². The Morgan fingerprint density at radius 2 is 2.07 bits per heavy atom. The molecule has 0 amide bonds. The fraction of sp³-hybridized carbons (Fsp3) is 0.333. The number of rotatable bonds is 7. The highest BCUT2D eigenvalue weighted by atomic mass is 35.5. The normalized spacial score (nSPS) is 17.6. The number of hydrogen-bond donors (Lipinski definition) is 0. The molecule has 0 saturated carbocycles. The minimum absolute atomic E-state index is 0.0250. The molecule has 1 fully saturated rings. The van der Waals surface area contributed by atoms with Crippen molar-refractivity contribution < 1.29 is 8.95 Å². The van der Waals surface area contributed by atoms with E-state index in [1.165, 1.54) is 11.8 Å². The van der Waals surface area contributed by atoms with E-state index < -0.39 is 10.8 Å². The molecule has 0 aliphatic carbocycles. The zero-order valence-electron chi connectivity index (χ0n) is 15.8. The zero-order chi connectivity index (χ0) is 20.2. The van der Waals surface area contributed by atoms with Crippen molar-refractivity contribution in [2.75, 3.05) is 18.1 Å². The molecule has 1 saturated heterocycles. The molecule has 1 aromatic heterocycles. The highest BCUT2D eigenvalue weighted by Gasteiger charge is 2.20. The zero-order valence-corrected chi connectivity index (χ0v) is 18.1. The average molecular weight is 449 g/mol. The second kappa shape index (κ2) is 9.43. The van der Waals surface area contributed by atoms with Crippen LogP contribution in [0.4, 0.5) is 0 Å². The summed E-state index contributed by atoms with van der Waals surface area (Å²) in [5.41, 5.74) is 0.492. The predicted octanol–water partition coefficient (Wildman–Crippen LogP) is 4.13. The third-order valence-electron chi connectivity index (χ3n) is 4.80. The van der Waals surface area contributed by atoms with Gasteiger partial charge in [0.25, 0.3) is 5.56 Å². The van der Waals surface area contributed by atoms with Crippen LogP contribution in [0.1, 0.15) is 12.8 Å². The predicted molar refractivity (Wildman–Crippen MR) is 118 cm³/mol. The van der Waals surface area contributed by atoms with E-state index >= 15 is 0 Å². The average Bonchev–Trinajstić information content (AvgIpc) is 3.24. The van der Waals surface area contributed by atoms with E-state index in [0.29, 0.717) is 39.1 Å². The molecule has 2 atom stereocenters. The number of nitrogens with zero attached hydrogens (tertiary/aromatic N) is 2. The molecular formula is C21H21ClN2O3S2. The van der Waals surface area contributed by atoms with Gasteiger partial charge in [-0.25, -0.2) is 4.98 Å². The van der Waals surface area contributed by atoms with Crippen LogP contribution < -0.4 is 5.56 Å². The molecule has 8 heteroatoms. The monoisotopic (exact) mass is 448 g/mol. The molecular weight excluding hydrogens is 428 g/mol. The van der Waals surface area contributed by atoms with Crippen molar-refractivity contribution in [2.45, 2.75) is 35.5 Å². The van der Waals surface area contributed by atoms with Crippen LogP contribution in [0.25, 0.3) is 10.9 Å². The van der Waals surface area contributed by atoms with Crippen LogP contribution in [0.3, 0.4) is 0 Å². The molecule has 152 valence electrons. The van der Waals surface area contributed by atoms with Crippen LogP contribution in [-0.4, -0.2) is 38.0 Å². The lowest BCUT2D eigenvalue weighted by Gasteiger charge is -2.16. The number of benzene rings is 2. The van der Waals surface area contributed by atoms with Crippen molar-refractivity contribution in [1.29, 1.82) is 0 Å². The molecule has 2 heterocycles. The summed E-state index contributed by atoms with van der Waals surface area (Å²) in [6.45, 7) is 1.21. The van der Waals surface area contributed by atoms with Gasteiger partial charge in [-0.15, -0.1) is 0 Å². The van der Waals surface area contributed by atoms with Crippen molar-refractivity contribution in [3.63, 3.8) is 0 Å². The quantitative estimate of drug-likeness (QED) is 0.401. The maximum Gasteiger partial charge on any atom is 0.262 e. The van der Waals surface area contributed by atoms with Crippen LogP contribution in [0.15, 0.2) is 63.4 Å². The summed E-state index contributed by atoms with van der Waals surface area (Å²) < 4.78 is 19.9. The van der Waals surface area contributed by atoms with Gasteiger partial charge in [0.1, 0.15) is 0 Å². The van der Waals surface area contributed by atoms with Gasteiger partial charge in [0.2, 0.25) is 0 Å². The van der Waals surface area contributed by atoms with Crippen molar-refractivity contribution in [3.05, 3.63) is 63.9 Å². The molecule has 2 unspecified atom stereocenters. The van der Waals surface area contributed by atoms with Crippen LogP contribution in [0.5, 0.6) is 0 Å². The van der Waals surface area contributed by atoms with Crippen LogP contribution in [-0.2, 0) is 22.1 Å². The van der Waals surface area contributed by atoms with E-state index in [0.717, 1.165) is 24.3 Å². The summed E-state index contributed by atoms with van der Waals surface area (Å²) in [4.78, 5) is 18.6. The van der Waals surface area contributed by atoms with E-state index in [1.54, 1.807) is 22.8 Å². The summed E-state index contributed by atoms with van der Waals surface area (Å²) in [6.07, 6.45) is 1.97. The fourth-order valence-corrected chi connectivity index (χ4v) is 5.80. The number of ether oxygens (including phenoxy) is 1. The molecule has 0 spiro atoms. The smallest absolute Gasteiger partial charge is 0.262 e. The van der Waals surface area contributed by atoms with Gasteiger partial charge in [0.15, 0.2) is 5.16 Å². The number of fused-ring (bicyclic) bond motifs is 1. The Hall–Kier alpha value is -1.67. The molecule has 2 aromatic carbocycles. The minimum atomic E-state index is -1.09. The molecule has 3 aromatic rings. The number of thioether (sulfide) groups is 1. The van der Waals surface area contributed by atoms with E-state index in [9.17, 15) is 9.00 Å². The maximum atomic E-state index is 13.1. The number of halogens is 1. The van der Waals surface area contributed by atoms with Crippen LogP contribution in [0, 0.1) is 0 Å². The van der Waals surface area contributed by atoms with Gasteiger partial charge in [-0.1, -0.05) is 41.6 Å². The highest BCUT2D eigenvalue weighted by molar-refractivity contribution is 8.00. The molecule has 0 radical (unpaired) electrons. The first-order valence-corrected chi connectivity index (χ1v) is 12.2. The van der Waals surface area contributed by atoms with E-state index in [4.69, 9.17) is 21.3 Å². The Balaban J connectivity index is 1.58. The van der Waals surface area contributed by atoms with E-state index in [2.05, 4.69) is 0 Å². The van der Waals surface area contributed by atoms with E-state index in [-0.39, 0.29) is 11.7 Å². The topological polar surface area (TPSA) is 61.2 Å². The Labute approximate surface area is 180 Å². The summed E-state index contributed by atoms with van der Waals surface area (Å²) in [5, 5.41) is 1.71. The van der Waals surface area contributed by atoms with Crippen LogP contribution >= 0.6 is 23.4 Å². The lowest BCUT2D eigenvalue weighted by Crippen LogP contribution is -2.29. The largest absolute Gasteiger partial charge is 0.376 e. The van der Waals surface area contributed by atoms with Crippen molar-refractivity contribution in [3.8, 4) is 0 Å². The molecule has 4 rings (SSSR count). The lowest BCUT2D eigenvalue weighted by atomic mass is 10.2. The minimum Gasteiger partial charge on any atom is -0.376 e. The standard InChI is InChI=1S/C21H21ClN2O3S2/c22-15-8-9-18-19(13-15)23-21(24(20(18)25)14-16-5-4-10-27-16)28-11-12-29(26)17-6-2-1-3-7-17/h1-3,6-9,13,16H,4-5,10-12,14H2. The molecule has 1 aliphatic heterocycles. The highest BCUT2D eigenvalue weighted by Crippen LogP contribution is 2.23. The van der Waals surface area contributed by atoms with Gasteiger partial charge in [0, 0.05) is 28.0 Å². The number of aromatic nitrogens is 2. The van der Waals surface area contributed by atoms with Gasteiger partial charge < -0.3 is 4.74 Å². The van der Waals surface area contributed by atoms with Crippen molar-refractivity contribution >= 4 is 45.1 Å². The second-order valence-corrected chi connectivity index (χ2v) is 9.89. The van der Waals surface area contributed by atoms with Gasteiger partial charge >= 0.3 is 0 Å². The summed E-state index contributed by atoms with van der Waals surface area (Å²) in [6, 6.07) is 14.5. The first-order chi connectivity index (χ1) is 14.1. The van der Waals surface area contributed by atoms with Gasteiger partial charge in [0.05, 0.1) is 34.4 Å². The Morgan fingerprint density at radius 3 is 2.83 bits per heavy atom. The van der Waals surface area contributed by atoms with Gasteiger partial charge in [-0.05, 0) is 43.2 Å². The van der Waals surface area contributed by atoms with Crippen molar-refractivity contribution in [2.24, 2.45) is 0 Å². The Kier molecular flexibility index (Phi) is 6.70. The first-order valence-electron chi connectivity index (χ1n) is 9.50. The fourth-order valence-electron chi connectivity index (χ4n) is 3.34. The maximum absolute atomic E-state index is 13.1. The first kappa shape index (κ1) is 20.6. The third-order valence-corrected chi connectivity index (χ3v) is 7.64. The summed E-state index contributed by atoms with van der Waals surface area (Å²) >= 11 is 7.55. The summed E-state index contributed by atoms with van der Waals surface area (Å²) in [7, 11) is -1.09. The third kappa shape index (κ3) is 4.91.